The second-order valence-corrected chi connectivity index (χ2v) is 5.57. The molecule has 0 aliphatic carbocycles. The van der Waals surface area contributed by atoms with Crippen molar-refractivity contribution >= 4 is 28.4 Å². The van der Waals surface area contributed by atoms with Crippen molar-refractivity contribution in [3.05, 3.63) is 16.0 Å². The van der Waals surface area contributed by atoms with Crippen LogP contribution in [0.4, 0.5) is 0 Å². The van der Waals surface area contributed by atoms with Crippen LogP contribution in [0.2, 0.25) is 0 Å². The monoisotopic (exact) mass is 320 g/mol. The molecule has 4 nitrogen and oxygen atoms in total. The van der Waals surface area contributed by atoms with Crippen LogP contribution >= 0.6 is 22.6 Å². The van der Waals surface area contributed by atoms with E-state index in [4.69, 9.17) is 11.1 Å². The van der Waals surface area contributed by atoms with E-state index in [2.05, 4.69) is 27.7 Å². The molecule has 0 bridgehead atoms. The first kappa shape index (κ1) is 12.5. The lowest BCUT2D eigenvalue weighted by molar-refractivity contribution is 0.419. The number of amidine groups is 1. The number of aryl methyl sites for hydroxylation is 1. The number of nitrogens with one attached hydrogen (secondary N) is 1. The van der Waals surface area contributed by atoms with E-state index >= 15 is 0 Å². The predicted octanol–water partition coefficient (Wildman–Crippen LogP) is 2.23. The second-order valence-electron chi connectivity index (χ2n) is 4.32. The molecule has 0 atom stereocenters. The summed E-state index contributed by atoms with van der Waals surface area (Å²) < 4.78 is 3.08. The van der Waals surface area contributed by atoms with Crippen molar-refractivity contribution in [3.8, 4) is 0 Å². The van der Waals surface area contributed by atoms with E-state index in [1.165, 1.54) is 0 Å². The van der Waals surface area contributed by atoms with Gasteiger partial charge < -0.3 is 5.73 Å². The molecular formula is C10H17IN4. The predicted molar refractivity (Wildman–Crippen MR) is 69.9 cm³/mol. The largest absolute Gasteiger partial charge is 0.387 e. The van der Waals surface area contributed by atoms with Gasteiger partial charge in [0.05, 0.1) is 15.6 Å². The number of aromatic nitrogens is 2. The number of nitrogens with zero attached hydrogens (tertiary/aromatic N) is 2. The zero-order valence-corrected chi connectivity index (χ0v) is 11.3. The number of nitrogens with two attached hydrogens (primary N) is 1. The molecule has 0 amide bonds. The van der Waals surface area contributed by atoms with Crippen LogP contribution in [-0.2, 0) is 6.54 Å². The summed E-state index contributed by atoms with van der Waals surface area (Å²) in [6, 6.07) is 0. The average Bonchev–Trinajstić information content (AvgIpc) is 2.51. The van der Waals surface area contributed by atoms with Crippen LogP contribution in [0.1, 0.15) is 26.7 Å². The Balaban J connectivity index is 2.36. The smallest absolute Gasteiger partial charge is 0.0963 e. The minimum Gasteiger partial charge on any atom is -0.387 e. The quantitative estimate of drug-likeness (QED) is 0.496. The van der Waals surface area contributed by atoms with E-state index < -0.39 is 0 Å². The van der Waals surface area contributed by atoms with E-state index in [0.29, 0.717) is 0 Å². The molecule has 0 unspecified atom stereocenters. The normalized spacial score (nSPS) is 11.7. The van der Waals surface area contributed by atoms with Crippen LogP contribution in [0.25, 0.3) is 0 Å². The standard InChI is InChI=1S/C10H17IN4/c1-10(2,9(12)13)4-3-5-15-7-8(11)6-14-15/h6-7H,3-5H2,1-2H3,(H3,12,13). The lowest BCUT2D eigenvalue weighted by Crippen LogP contribution is -2.30. The third kappa shape index (κ3) is 3.81. The molecule has 5 heteroatoms. The minimum atomic E-state index is -0.194. The van der Waals surface area contributed by atoms with E-state index in [1.807, 2.05) is 30.9 Å². The van der Waals surface area contributed by atoms with Gasteiger partial charge in [0, 0.05) is 18.2 Å². The SMILES string of the molecule is CC(C)(CCCn1cc(I)cn1)C(=N)N. The molecule has 0 aliphatic heterocycles. The summed E-state index contributed by atoms with van der Waals surface area (Å²) in [5.74, 6) is 0.262. The fourth-order valence-electron chi connectivity index (χ4n) is 1.28. The fourth-order valence-corrected chi connectivity index (χ4v) is 1.72. The molecular weight excluding hydrogens is 303 g/mol. The van der Waals surface area contributed by atoms with Crippen LogP contribution in [0.5, 0.6) is 0 Å². The molecule has 3 N–H and O–H groups in total. The molecule has 0 saturated heterocycles. The molecule has 1 aromatic heterocycles. The van der Waals surface area contributed by atoms with Crippen LogP contribution < -0.4 is 5.73 Å². The Morgan fingerprint density at radius 3 is 2.80 bits per heavy atom. The lowest BCUT2D eigenvalue weighted by Gasteiger charge is -2.22. The summed E-state index contributed by atoms with van der Waals surface area (Å²) in [6.07, 6.45) is 5.76. The van der Waals surface area contributed by atoms with Crippen LogP contribution in [-0.4, -0.2) is 15.6 Å². The molecule has 0 aliphatic rings. The van der Waals surface area contributed by atoms with E-state index in [0.717, 1.165) is 23.0 Å². The van der Waals surface area contributed by atoms with Gasteiger partial charge in [-0.15, -0.1) is 0 Å². The Morgan fingerprint density at radius 1 is 1.67 bits per heavy atom. The molecule has 0 saturated carbocycles. The summed E-state index contributed by atoms with van der Waals surface area (Å²) in [6.45, 7) is 4.89. The van der Waals surface area contributed by atoms with Gasteiger partial charge in [-0.3, -0.25) is 10.1 Å². The van der Waals surface area contributed by atoms with Gasteiger partial charge in [0.15, 0.2) is 0 Å². The van der Waals surface area contributed by atoms with Gasteiger partial charge in [0.1, 0.15) is 0 Å². The Hall–Kier alpha value is -0.590. The number of hydrogen-bond acceptors (Lipinski definition) is 2. The Morgan fingerprint density at radius 2 is 2.33 bits per heavy atom. The Bertz CT molecular complexity index is 343. The van der Waals surface area contributed by atoms with Crippen LogP contribution in [0, 0.1) is 14.4 Å². The number of rotatable bonds is 5. The van der Waals surface area contributed by atoms with Crippen LogP contribution in [0.3, 0.4) is 0 Å². The van der Waals surface area contributed by atoms with Gasteiger partial charge in [-0.1, -0.05) is 13.8 Å². The molecule has 1 aromatic rings. The molecule has 0 radical (unpaired) electrons. The van der Waals surface area contributed by atoms with Gasteiger partial charge in [-0.05, 0) is 35.4 Å². The molecule has 15 heavy (non-hydrogen) atoms. The molecule has 0 spiro atoms. The van der Waals surface area contributed by atoms with Crippen LogP contribution in [0.15, 0.2) is 12.4 Å². The van der Waals surface area contributed by atoms with E-state index in [9.17, 15) is 0 Å². The molecule has 0 fully saturated rings. The van der Waals surface area contributed by atoms with Crippen molar-refractivity contribution in [1.82, 2.24) is 9.78 Å². The second kappa shape index (κ2) is 4.96. The Labute approximate surface area is 104 Å². The third-order valence-corrected chi connectivity index (χ3v) is 3.08. The highest BCUT2D eigenvalue weighted by atomic mass is 127. The Kier molecular flexibility index (Phi) is 4.12. The van der Waals surface area contributed by atoms with Crippen molar-refractivity contribution < 1.29 is 0 Å². The maximum absolute atomic E-state index is 7.44. The maximum Gasteiger partial charge on any atom is 0.0963 e. The van der Waals surface area contributed by atoms with Crippen molar-refractivity contribution in [3.63, 3.8) is 0 Å². The number of halogens is 1. The summed E-state index contributed by atoms with van der Waals surface area (Å²) in [4.78, 5) is 0. The van der Waals surface area contributed by atoms with Crippen molar-refractivity contribution in [2.75, 3.05) is 0 Å². The molecule has 0 aromatic carbocycles. The molecule has 1 heterocycles. The van der Waals surface area contributed by atoms with Gasteiger partial charge in [0.25, 0.3) is 0 Å². The van der Waals surface area contributed by atoms with Gasteiger partial charge in [-0.25, -0.2) is 0 Å². The van der Waals surface area contributed by atoms with Gasteiger partial charge >= 0.3 is 0 Å². The molecule has 1 rings (SSSR count). The maximum atomic E-state index is 7.44. The van der Waals surface area contributed by atoms with Crippen molar-refractivity contribution in [2.24, 2.45) is 11.1 Å². The van der Waals surface area contributed by atoms with Gasteiger partial charge in [0.2, 0.25) is 0 Å². The zero-order valence-electron chi connectivity index (χ0n) is 9.13. The van der Waals surface area contributed by atoms with Crippen molar-refractivity contribution in [1.29, 1.82) is 5.41 Å². The molecule has 84 valence electrons. The summed E-state index contributed by atoms with van der Waals surface area (Å²) in [5.41, 5.74) is 5.32. The first-order valence-corrected chi connectivity index (χ1v) is 6.02. The summed E-state index contributed by atoms with van der Waals surface area (Å²) in [5, 5.41) is 11.6. The first-order chi connectivity index (χ1) is 6.92. The highest BCUT2D eigenvalue weighted by Gasteiger charge is 2.20. The van der Waals surface area contributed by atoms with Gasteiger partial charge in [-0.2, -0.15) is 5.10 Å². The topological polar surface area (TPSA) is 67.7 Å². The lowest BCUT2D eigenvalue weighted by atomic mass is 9.87. The summed E-state index contributed by atoms with van der Waals surface area (Å²) >= 11 is 2.24. The van der Waals surface area contributed by atoms with E-state index in [1.54, 1.807) is 0 Å². The zero-order chi connectivity index (χ0) is 11.5. The summed E-state index contributed by atoms with van der Waals surface area (Å²) in [7, 11) is 0. The minimum absolute atomic E-state index is 0.194. The fraction of sp³-hybridized carbons (Fsp3) is 0.600. The highest BCUT2D eigenvalue weighted by Crippen LogP contribution is 2.21. The average molecular weight is 320 g/mol. The first-order valence-electron chi connectivity index (χ1n) is 4.94. The highest BCUT2D eigenvalue weighted by molar-refractivity contribution is 14.1. The van der Waals surface area contributed by atoms with Crippen molar-refractivity contribution in [2.45, 2.75) is 33.2 Å². The third-order valence-electron chi connectivity index (χ3n) is 2.52. The van der Waals surface area contributed by atoms with E-state index in [-0.39, 0.29) is 11.3 Å². The number of hydrogen-bond donors (Lipinski definition) is 2.